The quantitative estimate of drug-likeness (QED) is 0.841. The summed E-state index contributed by atoms with van der Waals surface area (Å²) in [6.45, 7) is 3.30. The van der Waals surface area contributed by atoms with E-state index in [1.54, 1.807) is 6.07 Å². The average molecular weight is 278 g/mol. The lowest BCUT2D eigenvalue weighted by molar-refractivity contribution is 0.603. The van der Waals surface area contributed by atoms with E-state index in [1.807, 2.05) is 30.9 Å². The SMILES string of the molecule is CNCC(C)CSCc1ccc(Cl)cc1Cl. The van der Waals surface area contributed by atoms with Gasteiger partial charge in [-0.2, -0.15) is 11.8 Å². The van der Waals surface area contributed by atoms with Gasteiger partial charge in [0.25, 0.3) is 0 Å². The number of rotatable bonds is 6. The van der Waals surface area contributed by atoms with Crippen molar-refractivity contribution in [1.82, 2.24) is 5.32 Å². The van der Waals surface area contributed by atoms with Gasteiger partial charge in [0.15, 0.2) is 0 Å². The smallest absolute Gasteiger partial charge is 0.0461 e. The second kappa shape index (κ2) is 7.44. The largest absolute Gasteiger partial charge is 0.319 e. The summed E-state index contributed by atoms with van der Waals surface area (Å²) in [6.07, 6.45) is 0. The molecule has 0 radical (unpaired) electrons. The molecule has 0 aliphatic carbocycles. The Hall–Kier alpha value is 0.110. The van der Waals surface area contributed by atoms with Crippen molar-refractivity contribution in [3.05, 3.63) is 33.8 Å². The van der Waals surface area contributed by atoms with Crippen LogP contribution in [-0.2, 0) is 5.75 Å². The van der Waals surface area contributed by atoms with E-state index >= 15 is 0 Å². The highest BCUT2D eigenvalue weighted by Crippen LogP contribution is 2.25. The molecule has 1 nitrogen and oxygen atoms in total. The minimum absolute atomic E-state index is 0.682. The predicted octanol–water partition coefficient (Wildman–Crippen LogP) is 4.08. The Balaban J connectivity index is 2.37. The number of benzene rings is 1. The van der Waals surface area contributed by atoms with E-state index in [9.17, 15) is 0 Å². The molecule has 0 saturated heterocycles. The van der Waals surface area contributed by atoms with Crippen LogP contribution in [0, 0.1) is 5.92 Å². The van der Waals surface area contributed by atoms with E-state index < -0.39 is 0 Å². The van der Waals surface area contributed by atoms with E-state index in [4.69, 9.17) is 23.2 Å². The fourth-order valence-electron chi connectivity index (χ4n) is 1.42. The van der Waals surface area contributed by atoms with Gasteiger partial charge in [0.05, 0.1) is 0 Å². The average Bonchev–Trinajstić information content (AvgIpc) is 2.22. The van der Waals surface area contributed by atoms with Gasteiger partial charge in [-0.15, -0.1) is 0 Å². The predicted molar refractivity (Wildman–Crippen MR) is 75.7 cm³/mol. The van der Waals surface area contributed by atoms with Gasteiger partial charge in [-0.1, -0.05) is 36.2 Å². The van der Waals surface area contributed by atoms with Crippen LogP contribution in [-0.4, -0.2) is 19.3 Å². The summed E-state index contributed by atoms with van der Waals surface area (Å²) < 4.78 is 0. The summed E-state index contributed by atoms with van der Waals surface area (Å²) in [5, 5.41) is 4.64. The highest BCUT2D eigenvalue weighted by molar-refractivity contribution is 7.98. The zero-order valence-corrected chi connectivity index (χ0v) is 11.9. The highest BCUT2D eigenvalue weighted by atomic mass is 35.5. The first-order valence-electron chi connectivity index (χ1n) is 5.29. The fraction of sp³-hybridized carbons (Fsp3) is 0.500. The van der Waals surface area contributed by atoms with E-state index in [0.29, 0.717) is 10.9 Å². The molecule has 0 saturated carbocycles. The maximum atomic E-state index is 6.10. The Bertz CT molecular complexity index is 331. The maximum Gasteiger partial charge on any atom is 0.0461 e. The van der Waals surface area contributed by atoms with Crippen LogP contribution in [0.3, 0.4) is 0 Å². The zero-order valence-electron chi connectivity index (χ0n) is 9.59. The second-order valence-electron chi connectivity index (χ2n) is 3.91. The summed E-state index contributed by atoms with van der Waals surface area (Å²) >= 11 is 13.8. The van der Waals surface area contributed by atoms with Crippen LogP contribution in [0.4, 0.5) is 0 Å². The van der Waals surface area contributed by atoms with Gasteiger partial charge in [0, 0.05) is 15.8 Å². The fourth-order valence-corrected chi connectivity index (χ4v) is 3.08. The molecule has 0 spiro atoms. The third-order valence-electron chi connectivity index (χ3n) is 2.23. The normalized spacial score (nSPS) is 12.8. The van der Waals surface area contributed by atoms with Crippen LogP contribution in [0.2, 0.25) is 10.0 Å². The first-order chi connectivity index (χ1) is 7.63. The van der Waals surface area contributed by atoms with Crippen LogP contribution < -0.4 is 5.32 Å². The molecule has 1 atom stereocenters. The highest BCUT2D eigenvalue weighted by Gasteiger charge is 2.04. The molecule has 1 unspecified atom stereocenters. The molecule has 16 heavy (non-hydrogen) atoms. The van der Waals surface area contributed by atoms with E-state index in [1.165, 1.54) is 0 Å². The number of nitrogens with one attached hydrogen (secondary N) is 1. The first kappa shape index (κ1) is 14.2. The van der Waals surface area contributed by atoms with E-state index in [0.717, 1.165) is 28.6 Å². The van der Waals surface area contributed by atoms with Crippen molar-refractivity contribution in [2.45, 2.75) is 12.7 Å². The molecular formula is C12H17Cl2NS. The topological polar surface area (TPSA) is 12.0 Å². The lowest BCUT2D eigenvalue weighted by Gasteiger charge is -2.10. The standard InChI is InChI=1S/C12H17Cl2NS/c1-9(6-15-2)7-16-8-10-3-4-11(13)5-12(10)14/h3-5,9,15H,6-8H2,1-2H3. The lowest BCUT2D eigenvalue weighted by atomic mass is 10.2. The van der Waals surface area contributed by atoms with Gasteiger partial charge in [-0.05, 0) is 43.0 Å². The van der Waals surface area contributed by atoms with Crippen molar-refractivity contribution in [1.29, 1.82) is 0 Å². The molecule has 0 heterocycles. The second-order valence-corrected chi connectivity index (χ2v) is 5.79. The Morgan fingerprint density at radius 3 is 2.75 bits per heavy atom. The molecule has 1 N–H and O–H groups in total. The summed E-state index contributed by atoms with van der Waals surface area (Å²) in [5.41, 5.74) is 1.16. The van der Waals surface area contributed by atoms with Crippen molar-refractivity contribution in [3.63, 3.8) is 0 Å². The molecule has 0 aliphatic heterocycles. The van der Waals surface area contributed by atoms with Crippen LogP contribution >= 0.6 is 35.0 Å². The number of hydrogen-bond acceptors (Lipinski definition) is 2. The monoisotopic (exact) mass is 277 g/mol. The summed E-state index contributed by atoms with van der Waals surface area (Å²) in [7, 11) is 1.98. The van der Waals surface area contributed by atoms with E-state index in [2.05, 4.69) is 12.2 Å². The van der Waals surface area contributed by atoms with Crippen molar-refractivity contribution in [3.8, 4) is 0 Å². The molecule has 0 bridgehead atoms. The molecule has 90 valence electrons. The van der Waals surface area contributed by atoms with Gasteiger partial charge in [-0.25, -0.2) is 0 Å². The molecule has 0 aromatic heterocycles. The molecule has 4 heteroatoms. The third-order valence-corrected chi connectivity index (χ3v) is 4.13. The van der Waals surface area contributed by atoms with Crippen LogP contribution in [0.1, 0.15) is 12.5 Å². The lowest BCUT2D eigenvalue weighted by Crippen LogP contribution is -2.17. The number of thioether (sulfide) groups is 1. The van der Waals surface area contributed by atoms with Gasteiger partial charge in [0.2, 0.25) is 0 Å². The van der Waals surface area contributed by atoms with Gasteiger partial charge < -0.3 is 5.32 Å². The Labute approximate surface area is 112 Å². The van der Waals surface area contributed by atoms with Gasteiger partial charge in [0.1, 0.15) is 0 Å². The van der Waals surface area contributed by atoms with Gasteiger partial charge >= 0.3 is 0 Å². The number of halogens is 2. The van der Waals surface area contributed by atoms with Crippen molar-refractivity contribution in [2.75, 3.05) is 19.3 Å². The summed E-state index contributed by atoms with van der Waals surface area (Å²) in [6, 6.07) is 5.69. The Morgan fingerprint density at radius 2 is 2.12 bits per heavy atom. The first-order valence-corrected chi connectivity index (χ1v) is 7.20. The van der Waals surface area contributed by atoms with Crippen molar-refractivity contribution in [2.24, 2.45) is 5.92 Å². The molecule has 1 aromatic carbocycles. The molecule has 0 aliphatic rings. The Kier molecular flexibility index (Phi) is 6.59. The molecular weight excluding hydrogens is 261 g/mol. The van der Waals surface area contributed by atoms with Crippen molar-refractivity contribution >= 4 is 35.0 Å². The van der Waals surface area contributed by atoms with E-state index in [-0.39, 0.29) is 0 Å². The summed E-state index contributed by atoms with van der Waals surface area (Å²) in [5.74, 6) is 2.77. The minimum atomic E-state index is 0.682. The summed E-state index contributed by atoms with van der Waals surface area (Å²) in [4.78, 5) is 0. The minimum Gasteiger partial charge on any atom is -0.319 e. The number of hydrogen-bond donors (Lipinski definition) is 1. The molecule has 0 amide bonds. The van der Waals surface area contributed by atoms with Crippen LogP contribution in [0.15, 0.2) is 18.2 Å². The van der Waals surface area contributed by atoms with Crippen molar-refractivity contribution < 1.29 is 0 Å². The molecule has 1 rings (SSSR count). The zero-order chi connectivity index (χ0) is 12.0. The van der Waals surface area contributed by atoms with Crippen LogP contribution in [0.25, 0.3) is 0 Å². The van der Waals surface area contributed by atoms with Crippen LogP contribution in [0.5, 0.6) is 0 Å². The molecule has 0 fully saturated rings. The Morgan fingerprint density at radius 1 is 1.38 bits per heavy atom. The maximum absolute atomic E-state index is 6.10. The van der Waals surface area contributed by atoms with Gasteiger partial charge in [-0.3, -0.25) is 0 Å². The molecule has 1 aromatic rings. The third kappa shape index (κ3) is 4.96.